The quantitative estimate of drug-likeness (QED) is 0.852. The Morgan fingerprint density at radius 2 is 2.19 bits per heavy atom. The second kappa shape index (κ2) is 6.02. The lowest BCUT2D eigenvalue weighted by atomic mass is 10.5. The van der Waals surface area contributed by atoms with Gasteiger partial charge in [-0.1, -0.05) is 0 Å². The second-order valence-corrected chi connectivity index (χ2v) is 7.62. The van der Waals surface area contributed by atoms with Crippen molar-refractivity contribution in [2.45, 2.75) is 10.8 Å². The highest BCUT2D eigenvalue weighted by molar-refractivity contribution is 7.98. The Hall–Kier alpha value is -0.0800. The van der Waals surface area contributed by atoms with E-state index in [1.54, 1.807) is 30.9 Å². The minimum Gasteiger partial charge on any atom is -0.391 e. The fourth-order valence-corrected chi connectivity index (χ4v) is 4.25. The number of thiophene rings is 1. The van der Waals surface area contributed by atoms with Crippen molar-refractivity contribution >= 4 is 33.1 Å². The van der Waals surface area contributed by atoms with E-state index in [-0.39, 0.29) is 6.61 Å². The highest BCUT2D eigenvalue weighted by Crippen LogP contribution is 2.24. The molecule has 1 heterocycles. The van der Waals surface area contributed by atoms with E-state index in [4.69, 9.17) is 5.11 Å². The molecule has 0 saturated heterocycles. The summed E-state index contributed by atoms with van der Waals surface area (Å²) < 4.78 is 25.7. The van der Waals surface area contributed by atoms with Gasteiger partial charge in [-0.25, -0.2) is 8.42 Å². The number of nitrogens with zero attached hydrogens (tertiary/aromatic N) is 1. The third-order valence-corrected chi connectivity index (χ3v) is 6.05. The van der Waals surface area contributed by atoms with Crippen LogP contribution in [-0.4, -0.2) is 43.4 Å². The highest BCUT2D eigenvalue weighted by atomic mass is 32.2. The lowest BCUT2D eigenvalue weighted by Crippen LogP contribution is -2.28. The van der Waals surface area contributed by atoms with Crippen molar-refractivity contribution in [3.8, 4) is 0 Å². The maximum atomic E-state index is 12.0. The summed E-state index contributed by atoms with van der Waals surface area (Å²) in [6, 6.07) is 3.18. The molecule has 1 N–H and O–H groups in total. The molecule has 0 fully saturated rings. The van der Waals surface area contributed by atoms with Crippen LogP contribution in [0.4, 0.5) is 0 Å². The van der Waals surface area contributed by atoms with Gasteiger partial charge in [0.25, 0.3) is 10.0 Å². The molecule has 0 aliphatic carbocycles. The van der Waals surface area contributed by atoms with Crippen molar-refractivity contribution in [2.24, 2.45) is 0 Å². The average molecular weight is 281 g/mol. The molecule has 0 saturated carbocycles. The van der Waals surface area contributed by atoms with E-state index >= 15 is 0 Å². The zero-order valence-electron chi connectivity index (χ0n) is 9.21. The number of sulfonamides is 1. The van der Waals surface area contributed by atoms with Crippen molar-refractivity contribution in [3.05, 3.63) is 17.0 Å². The zero-order chi connectivity index (χ0) is 12.2. The van der Waals surface area contributed by atoms with Gasteiger partial charge in [-0.2, -0.15) is 16.1 Å². The summed E-state index contributed by atoms with van der Waals surface area (Å²) in [4.78, 5) is 0.664. The van der Waals surface area contributed by atoms with Gasteiger partial charge in [-0.15, -0.1) is 11.3 Å². The summed E-state index contributed by atoms with van der Waals surface area (Å²) >= 11 is 2.72. The number of hydrogen-bond donors (Lipinski definition) is 1. The molecular weight excluding hydrogens is 266 g/mol. The smallest absolute Gasteiger partial charge is 0.252 e. The molecule has 0 unspecified atom stereocenters. The van der Waals surface area contributed by atoms with E-state index in [2.05, 4.69) is 0 Å². The Labute approximate surface area is 104 Å². The van der Waals surface area contributed by atoms with E-state index in [0.29, 0.717) is 15.6 Å². The van der Waals surface area contributed by atoms with Gasteiger partial charge >= 0.3 is 0 Å². The molecule has 16 heavy (non-hydrogen) atoms. The molecule has 0 amide bonds. The van der Waals surface area contributed by atoms with Crippen molar-refractivity contribution in [2.75, 3.05) is 25.6 Å². The zero-order valence-corrected chi connectivity index (χ0v) is 11.7. The molecule has 7 heteroatoms. The first-order valence-electron chi connectivity index (χ1n) is 4.67. The van der Waals surface area contributed by atoms with Gasteiger partial charge in [0.2, 0.25) is 0 Å². The number of thioether (sulfide) groups is 1. The fourth-order valence-electron chi connectivity index (χ4n) is 1.08. The summed E-state index contributed by atoms with van der Waals surface area (Å²) in [6.07, 6.45) is 1.94. The number of hydrogen-bond acceptors (Lipinski definition) is 5. The summed E-state index contributed by atoms with van der Waals surface area (Å²) in [6.45, 7) is 0.380. The molecule has 1 aromatic heterocycles. The Kier molecular flexibility index (Phi) is 5.26. The van der Waals surface area contributed by atoms with Crippen LogP contribution < -0.4 is 0 Å². The average Bonchev–Trinajstić information content (AvgIpc) is 2.74. The molecular formula is C9H15NO3S3. The van der Waals surface area contributed by atoms with E-state index in [1.165, 1.54) is 4.31 Å². The van der Waals surface area contributed by atoms with Gasteiger partial charge in [0.15, 0.2) is 0 Å². The van der Waals surface area contributed by atoms with E-state index in [0.717, 1.165) is 17.1 Å². The maximum Gasteiger partial charge on any atom is 0.252 e. The fraction of sp³-hybridized carbons (Fsp3) is 0.556. The number of aliphatic hydroxyl groups excluding tert-OH is 1. The van der Waals surface area contributed by atoms with Crippen LogP contribution in [0.5, 0.6) is 0 Å². The largest absolute Gasteiger partial charge is 0.391 e. The van der Waals surface area contributed by atoms with E-state index in [9.17, 15) is 8.42 Å². The lowest BCUT2D eigenvalue weighted by molar-refractivity contribution is 0.285. The van der Waals surface area contributed by atoms with Gasteiger partial charge in [0.1, 0.15) is 4.21 Å². The van der Waals surface area contributed by atoms with Crippen LogP contribution in [0.2, 0.25) is 0 Å². The van der Waals surface area contributed by atoms with Gasteiger partial charge in [-0.3, -0.25) is 0 Å². The van der Waals surface area contributed by atoms with Crippen molar-refractivity contribution in [3.63, 3.8) is 0 Å². The summed E-state index contributed by atoms with van der Waals surface area (Å²) in [7, 11) is -1.80. The third-order valence-electron chi connectivity index (χ3n) is 2.07. The van der Waals surface area contributed by atoms with Crippen LogP contribution in [0.25, 0.3) is 0 Å². The monoisotopic (exact) mass is 281 g/mol. The van der Waals surface area contributed by atoms with Crippen LogP contribution in [0.1, 0.15) is 4.88 Å². The van der Waals surface area contributed by atoms with E-state index in [1.807, 2.05) is 6.26 Å². The van der Waals surface area contributed by atoms with Crippen molar-refractivity contribution in [1.82, 2.24) is 4.31 Å². The predicted molar refractivity (Wildman–Crippen MR) is 68.4 cm³/mol. The highest BCUT2D eigenvalue weighted by Gasteiger charge is 2.22. The Balaban J connectivity index is 2.84. The number of rotatable bonds is 6. The summed E-state index contributed by atoms with van der Waals surface area (Å²) in [5, 5.41) is 8.90. The topological polar surface area (TPSA) is 57.6 Å². The normalized spacial score (nSPS) is 12.2. The summed E-state index contributed by atoms with van der Waals surface area (Å²) in [5.74, 6) is 0.772. The summed E-state index contributed by atoms with van der Waals surface area (Å²) in [5.41, 5.74) is 0. The van der Waals surface area contributed by atoms with Gasteiger partial charge in [-0.05, 0) is 18.4 Å². The second-order valence-electron chi connectivity index (χ2n) is 3.20. The SMILES string of the molecule is CSCCN(C)S(=O)(=O)c1ccc(CO)s1. The van der Waals surface area contributed by atoms with Crippen molar-refractivity contribution < 1.29 is 13.5 Å². The molecule has 0 atom stereocenters. The van der Waals surface area contributed by atoms with Crippen LogP contribution in [-0.2, 0) is 16.6 Å². The van der Waals surface area contributed by atoms with Crippen molar-refractivity contribution in [1.29, 1.82) is 0 Å². The third kappa shape index (κ3) is 3.21. The predicted octanol–water partition coefficient (Wildman–Crippen LogP) is 1.22. The van der Waals surface area contributed by atoms with Crippen LogP contribution >= 0.6 is 23.1 Å². The van der Waals surface area contributed by atoms with Gasteiger partial charge in [0, 0.05) is 24.2 Å². The number of aliphatic hydroxyl groups is 1. The molecule has 0 spiro atoms. The molecule has 1 rings (SSSR count). The molecule has 0 aliphatic heterocycles. The Bertz CT molecular complexity index is 427. The van der Waals surface area contributed by atoms with Crippen LogP contribution in [0.3, 0.4) is 0 Å². The first-order chi connectivity index (χ1) is 7.52. The standard InChI is InChI=1S/C9H15NO3S3/c1-10(5-6-14-2)16(12,13)9-4-3-8(7-11)15-9/h3-4,11H,5-7H2,1-2H3. The lowest BCUT2D eigenvalue weighted by Gasteiger charge is -2.14. The maximum absolute atomic E-state index is 12.0. The minimum atomic E-state index is -3.37. The molecule has 92 valence electrons. The Morgan fingerprint density at radius 1 is 1.50 bits per heavy atom. The van der Waals surface area contributed by atoms with Crippen LogP contribution in [0, 0.1) is 0 Å². The minimum absolute atomic E-state index is 0.116. The molecule has 0 bridgehead atoms. The van der Waals surface area contributed by atoms with Gasteiger partial charge < -0.3 is 5.11 Å². The van der Waals surface area contributed by atoms with Crippen LogP contribution in [0.15, 0.2) is 16.3 Å². The Morgan fingerprint density at radius 3 is 2.69 bits per heavy atom. The molecule has 1 aromatic rings. The first kappa shape index (κ1) is 14.0. The van der Waals surface area contributed by atoms with Gasteiger partial charge in [0.05, 0.1) is 6.61 Å². The van der Waals surface area contributed by atoms with E-state index < -0.39 is 10.0 Å². The molecule has 0 radical (unpaired) electrons. The first-order valence-corrected chi connectivity index (χ1v) is 8.32. The molecule has 0 aromatic carbocycles. The molecule has 0 aliphatic rings. The molecule has 4 nitrogen and oxygen atoms in total.